The van der Waals surface area contributed by atoms with Gasteiger partial charge in [0.1, 0.15) is 0 Å². The lowest BCUT2D eigenvalue weighted by molar-refractivity contribution is 0.572. The van der Waals surface area contributed by atoms with Crippen molar-refractivity contribution in [2.75, 3.05) is 0 Å². The molecule has 0 aliphatic heterocycles. The fourth-order valence-corrected chi connectivity index (χ4v) is 1.77. The van der Waals surface area contributed by atoms with E-state index in [4.69, 9.17) is 4.42 Å². The predicted octanol–water partition coefficient (Wildman–Crippen LogP) is 3.74. The Balaban J connectivity index is 1.91. The average Bonchev–Trinajstić information content (AvgIpc) is 3.01. The molecular weight excluding hydrogens is 234 g/mol. The minimum absolute atomic E-state index is 0.753. The van der Waals surface area contributed by atoms with Crippen LogP contribution in [-0.2, 0) is 0 Å². The number of hydrogen-bond acceptors (Lipinski definition) is 2. The molecule has 0 N–H and O–H groups in total. The van der Waals surface area contributed by atoms with E-state index in [0.29, 0.717) is 0 Å². The Morgan fingerprint density at radius 1 is 0.842 bits per heavy atom. The summed E-state index contributed by atoms with van der Waals surface area (Å²) in [6.45, 7) is 0. The fourth-order valence-electron chi connectivity index (χ4n) is 1.77. The van der Waals surface area contributed by atoms with Gasteiger partial charge < -0.3 is 4.42 Å². The highest BCUT2D eigenvalue weighted by Gasteiger charge is 2.00. The molecule has 0 unspecified atom stereocenters. The van der Waals surface area contributed by atoms with E-state index in [0.717, 1.165) is 22.5 Å². The molecule has 0 aliphatic rings. The zero-order valence-electron chi connectivity index (χ0n) is 10.2. The molecule has 2 aromatic carbocycles. The first kappa shape index (κ1) is 11.3. The lowest BCUT2D eigenvalue weighted by Gasteiger charge is -1.96. The van der Waals surface area contributed by atoms with Crippen molar-refractivity contribution in [3.8, 4) is 23.2 Å². The first-order valence-corrected chi connectivity index (χ1v) is 5.98. The first-order chi connectivity index (χ1) is 9.42. The van der Waals surface area contributed by atoms with Crippen LogP contribution in [0.15, 0.2) is 71.6 Å². The van der Waals surface area contributed by atoms with Crippen LogP contribution in [0.1, 0.15) is 11.1 Å². The van der Waals surface area contributed by atoms with Gasteiger partial charge in [0.25, 0.3) is 0 Å². The summed E-state index contributed by atoms with van der Waals surface area (Å²) in [5, 5.41) is 0. The molecule has 3 aromatic rings. The van der Waals surface area contributed by atoms with Crippen molar-refractivity contribution in [1.82, 2.24) is 4.98 Å². The molecule has 0 fully saturated rings. The summed E-state index contributed by atoms with van der Waals surface area (Å²) in [5.41, 5.74) is 2.95. The van der Waals surface area contributed by atoms with Gasteiger partial charge in [-0.1, -0.05) is 42.2 Å². The molecule has 0 spiro atoms. The van der Waals surface area contributed by atoms with Crippen LogP contribution in [0.3, 0.4) is 0 Å². The van der Waals surface area contributed by atoms with Crippen LogP contribution in [0.4, 0.5) is 0 Å². The van der Waals surface area contributed by atoms with Crippen LogP contribution in [0.2, 0.25) is 0 Å². The van der Waals surface area contributed by atoms with Gasteiger partial charge in [0.2, 0.25) is 0 Å². The van der Waals surface area contributed by atoms with Crippen LogP contribution in [0.25, 0.3) is 11.3 Å². The van der Waals surface area contributed by atoms with Crippen LogP contribution in [0.5, 0.6) is 0 Å². The molecule has 0 aliphatic carbocycles. The second kappa shape index (κ2) is 5.24. The summed E-state index contributed by atoms with van der Waals surface area (Å²) in [5.74, 6) is 7.04. The standard InChI is InChI=1S/C17H11NO/c1-2-5-14(6-3-1)9-10-15-7-4-8-16(11-15)17-12-18-13-19-17/h1-8,11-13H. The van der Waals surface area contributed by atoms with Gasteiger partial charge in [0.05, 0.1) is 6.20 Å². The molecule has 0 saturated carbocycles. The van der Waals surface area contributed by atoms with Crippen molar-refractivity contribution >= 4 is 0 Å². The van der Waals surface area contributed by atoms with E-state index in [2.05, 4.69) is 16.8 Å². The molecule has 1 heterocycles. The summed E-state index contributed by atoms with van der Waals surface area (Å²) in [4.78, 5) is 3.92. The molecule has 2 heteroatoms. The molecule has 0 radical (unpaired) electrons. The van der Waals surface area contributed by atoms with Gasteiger partial charge in [0.15, 0.2) is 12.2 Å². The number of hydrogen-bond donors (Lipinski definition) is 0. The third-order valence-corrected chi connectivity index (χ3v) is 2.70. The second-order valence-corrected chi connectivity index (χ2v) is 4.06. The van der Waals surface area contributed by atoms with E-state index in [-0.39, 0.29) is 0 Å². The lowest BCUT2D eigenvalue weighted by Crippen LogP contribution is -1.78. The number of aromatic nitrogens is 1. The summed E-state index contributed by atoms with van der Waals surface area (Å²) in [6.07, 6.45) is 3.13. The molecule has 3 rings (SSSR count). The van der Waals surface area contributed by atoms with Crippen molar-refractivity contribution in [1.29, 1.82) is 0 Å². The summed E-state index contributed by atoms with van der Waals surface area (Å²) < 4.78 is 5.28. The lowest BCUT2D eigenvalue weighted by atomic mass is 10.1. The third kappa shape index (κ3) is 2.72. The fraction of sp³-hybridized carbons (Fsp3) is 0. The van der Waals surface area contributed by atoms with Crippen molar-refractivity contribution in [2.45, 2.75) is 0 Å². The maximum atomic E-state index is 5.28. The van der Waals surface area contributed by atoms with Gasteiger partial charge in [-0.25, -0.2) is 4.98 Å². The Labute approximate surface area is 111 Å². The molecule has 0 atom stereocenters. The largest absolute Gasteiger partial charge is 0.444 e. The summed E-state index contributed by atoms with van der Waals surface area (Å²) in [7, 11) is 0. The van der Waals surface area contributed by atoms with Crippen LogP contribution >= 0.6 is 0 Å². The molecule has 0 saturated heterocycles. The Kier molecular flexibility index (Phi) is 3.12. The predicted molar refractivity (Wildman–Crippen MR) is 74.4 cm³/mol. The maximum Gasteiger partial charge on any atom is 0.181 e. The van der Waals surface area contributed by atoms with E-state index in [1.807, 2.05) is 54.6 Å². The normalized spacial score (nSPS) is 9.68. The van der Waals surface area contributed by atoms with Gasteiger partial charge in [-0.2, -0.15) is 0 Å². The van der Waals surface area contributed by atoms with Gasteiger partial charge in [-0.15, -0.1) is 0 Å². The highest BCUT2D eigenvalue weighted by molar-refractivity contribution is 5.59. The van der Waals surface area contributed by atoms with E-state index in [9.17, 15) is 0 Å². The Morgan fingerprint density at radius 3 is 2.42 bits per heavy atom. The highest BCUT2D eigenvalue weighted by Crippen LogP contribution is 2.19. The van der Waals surface area contributed by atoms with Gasteiger partial charge >= 0.3 is 0 Å². The molecule has 0 amide bonds. The Hall–Kier alpha value is -2.79. The molecular formula is C17H11NO. The quantitative estimate of drug-likeness (QED) is 0.610. The SMILES string of the molecule is C(#Cc1cccc(-c2cnco2)c1)c1ccccc1. The maximum absolute atomic E-state index is 5.28. The summed E-state index contributed by atoms with van der Waals surface area (Å²) in [6, 6.07) is 17.9. The summed E-state index contributed by atoms with van der Waals surface area (Å²) >= 11 is 0. The number of rotatable bonds is 1. The Bertz CT molecular complexity index is 719. The smallest absolute Gasteiger partial charge is 0.181 e. The molecule has 19 heavy (non-hydrogen) atoms. The highest BCUT2D eigenvalue weighted by atomic mass is 16.3. The molecule has 2 nitrogen and oxygen atoms in total. The minimum Gasteiger partial charge on any atom is -0.444 e. The zero-order valence-corrected chi connectivity index (χ0v) is 10.2. The van der Waals surface area contributed by atoms with E-state index in [1.165, 1.54) is 6.39 Å². The van der Waals surface area contributed by atoms with Crippen LogP contribution < -0.4 is 0 Å². The number of oxazole rings is 1. The van der Waals surface area contributed by atoms with Gasteiger partial charge in [-0.3, -0.25) is 0 Å². The number of benzene rings is 2. The molecule has 90 valence electrons. The van der Waals surface area contributed by atoms with E-state index in [1.54, 1.807) is 6.20 Å². The van der Waals surface area contributed by atoms with Crippen molar-refractivity contribution in [3.63, 3.8) is 0 Å². The van der Waals surface area contributed by atoms with Gasteiger partial charge in [0, 0.05) is 16.7 Å². The van der Waals surface area contributed by atoms with Crippen LogP contribution in [-0.4, -0.2) is 4.98 Å². The van der Waals surface area contributed by atoms with Crippen molar-refractivity contribution in [3.05, 3.63) is 78.3 Å². The number of nitrogens with zero attached hydrogens (tertiary/aromatic N) is 1. The van der Waals surface area contributed by atoms with Crippen LogP contribution in [0, 0.1) is 11.8 Å². The Morgan fingerprint density at radius 2 is 1.63 bits per heavy atom. The monoisotopic (exact) mass is 245 g/mol. The van der Waals surface area contributed by atoms with Gasteiger partial charge in [-0.05, 0) is 24.3 Å². The van der Waals surface area contributed by atoms with E-state index < -0.39 is 0 Å². The minimum atomic E-state index is 0.753. The average molecular weight is 245 g/mol. The van der Waals surface area contributed by atoms with Crippen molar-refractivity contribution < 1.29 is 4.42 Å². The second-order valence-electron chi connectivity index (χ2n) is 4.06. The van der Waals surface area contributed by atoms with Crippen molar-refractivity contribution in [2.24, 2.45) is 0 Å². The molecule has 0 bridgehead atoms. The molecule has 1 aromatic heterocycles. The van der Waals surface area contributed by atoms with E-state index >= 15 is 0 Å². The zero-order chi connectivity index (χ0) is 12.9. The first-order valence-electron chi connectivity index (χ1n) is 5.98. The third-order valence-electron chi connectivity index (χ3n) is 2.70. The topological polar surface area (TPSA) is 26.0 Å².